The summed E-state index contributed by atoms with van der Waals surface area (Å²) in [6, 6.07) is 7.22. The second-order valence-electron chi connectivity index (χ2n) is 5.69. The molecule has 1 saturated heterocycles. The molecule has 0 unspecified atom stereocenters. The van der Waals surface area contributed by atoms with Crippen molar-refractivity contribution < 1.29 is 9.59 Å². The third-order valence-electron chi connectivity index (χ3n) is 4.53. The van der Waals surface area contributed by atoms with Gasteiger partial charge in [0, 0.05) is 19.1 Å². The predicted octanol–water partition coefficient (Wildman–Crippen LogP) is 1.03. The molecular weight excluding hydrogens is 228 g/mol. The SMILES string of the molecule is O=C1c2ccccc2C(=O)N1C1CC2(CNC2)C1. The van der Waals surface area contributed by atoms with E-state index < -0.39 is 0 Å². The van der Waals surface area contributed by atoms with Gasteiger partial charge in [0.25, 0.3) is 11.8 Å². The van der Waals surface area contributed by atoms with Crippen molar-refractivity contribution in [1.29, 1.82) is 0 Å². The second-order valence-corrected chi connectivity index (χ2v) is 5.69. The predicted molar refractivity (Wildman–Crippen MR) is 65.3 cm³/mol. The maximum absolute atomic E-state index is 12.2. The molecule has 1 spiro atoms. The second kappa shape index (κ2) is 3.20. The highest BCUT2D eigenvalue weighted by atomic mass is 16.2. The molecule has 2 amide bonds. The summed E-state index contributed by atoms with van der Waals surface area (Å²) in [6.45, 7) is 2.07. The number of carbonyl (C=O) groups is 2. The number of benzene rings is 1. The number of carbonyl (C=O) groups excluding carboxylic acids is 2. The Morgan fingerprint density at radius 2 is 1.61 bits per heavy atom. The van der Waals surface area contributed by atoms with Crippen LogP contribution in [0.2, 0.25) is 0 Å². The highest BCUT2D eigenvalue weighted by molar-refractivity contribution is 6.21. The number of hydrogen-bond acceptors (Lipinski definition) is 3. The molecule has 0 atom stereocenters. The molecule has 2 fully saturated rings. The van der Waals surface area contributed by atoms with Crippen LogP contribution in [0.3, 0.4) is 0 Å². The Hall–Kier alpha value is -1.68. The van der Waals surface area contributed by atoms with Crippen molar-refractivity contribution in [3.05, 3.63) is 35.4 Å². The summed E-state index contributed by atoms with van der Waals surface area (Å²) in [7, 11) is 0. The first kappa shape index (κ1) is 10.3. The molecule has 1 aromatic rings. The summed E-state index contributed by atoms with van der Waals surface area (Å²) in [5.74, 6) is -0.217. The smallest absolute Gasteiger partial charge is 0.261 e. The van der Waals surface area contributed by atoms with Crippen molar-refractivity contribution in [2.24, 2.45) is 5.41 Å². The zero-order valence-corrected chi connectivity index (χ0v) is 9.98. The number of hydrogen-bond donors (Lipinski definition) is 1. The standard InChI is InChI=1S/C14H14N2O2/c17-12-10-3-1-2-4-11(10)13(18)16(12)9-5-14(6-9)7-15-8-14/h1-4,9,15H,5-8H2. The molecule has 0 aromatic heterocycles. The van der Waals surface area contributed by atoms with E-state index in [1.54, 1.807) is 12.1 Å². The lowest BCUT2D eigenvalue weighted by Crippen LogP contribution is -2.65. The average molecular weight is 242 g/mol. The maximum atomic E-state index is 12.2. The number of nitrogens with zero attached hydrogens (tertiary/aromatic N) is 1. The third-order valence-corrected chi connectivity index (χ3v) is 4.53. The molecule has 2 aliphatic heterocycles. The van der Waals surface area contributed by atoms with Gasteiger partial charge in [-0.15, -0.1) is 0 Å². The van der Waals surface area contributed by atoms with Crippen molar-refractivity contribution in [3.63, 3.8) is 0 Å². The Bertz CT molecular complexity index is 520. The number of amides is 2. The molecular formula is C14H14N2O2. The molecule has 92 valence electrons. The van der Waals surface area contributed by atoms with Crippen molar-refractivity contribution in [2.45, 2.75) is 18.9 Å². The lowest BCUT2D eigenvalue weighted by molar-refractivity contribution is -0.0188. The van der Waals surface area contributed by atoms with Gasteiger partial charge in [-0.1, -0.05) is 12.1 Å². The Morgan fingerprint density at radius 3 is 2.06 bits per heavy atom. The fourth-order valence-electron chi connectivity index (χ4n) is 3.43. The van der Waals surface area contributed by atoms with Gasteiger partial charge in [-0.3, -0.25) is 14.5 Å². The molecule has 1 aliphatic carbocycles. The first-order valence-electron chi connectivity index (χ1n) is 6.38. The van der Waals surface area contributed by atoms with Gasteiger partial charge in [0.15, 0.2) is 0 Å². The monoisotopic (exact) mass is 242 g/mol. The summed E-state index contributed by atoms with van der Waals surface area (Å²) < 4.78 is 0. The average Bonchev–Trinajstić information content (AvgIpc) is 2.51. The van der Waals surface area contributed by atoms with Crippen LogP contribution in [0.4, 0.5) is 0 Å². The number of imide groups is 1. The molecule has 0 radical (unpaired) electrons. The summed E-state index contributed by atoms with van der Waals surface area (Å²) >= 11 is 0. The minimum Gasteiger partial charge on any atom is -0.316 e. The lowest BCUT2D eigenvalue weighted by Gasteiger charge is -2.56. The molecule has 1 aromatic carbocycles. The van der Waals surface area contributed by atoms with Gasteiger partial charge in [-0.25, -0.2) is 0 Å². The minimum absolute atomic E-state index is 0.109. The van der Waals surface area contributed by atoms with E-state index in [1.165, 1.54) is 4.90 Å². The van der Waals surface area contributed by atoms with E-state index in [-0.39, 0.29) is 17.9 Å². The Labute approximate surface area is 105 Å². The molecule has 1 N–H and O–H groups in total. The van der Waals surface area contributed by atoms with Gasteiger partial charge in [0.2, 0.25) is 0 Å². The van der Waals surface area contributed by atoms with Crippen LogP contribution in [-0.4, -0.2) is 35.8 Å². The van der Waals surface area contributed by atoms with Crippen LogP contribution in [0.15, 0.2) is 24.3 Å². The molecule has 3 aliphatic rings. The zero-order chi connectivity index (χ0) is 12.3. The van der Waals surface area contributed by atoms with Crippen LogP contribution in [0.1, 0.15) is 33.6 Å². The first-order valence-corrected chi connectivity index (χ1v) is 6.38. The highest BCUT2D eigenvalue weighted by Crippen LogP contribution is 2.48. The van der Waals surface area contributed by atoms with Crippen molar-refractivity contribution in [1.82, 2.24) is 10.2 Å². The Morgan fingerprint density at radius 1 is 1.06 bits per heavy atom. The van der Waals surface area contributed by atoms with Crippen LogP contribution < -0.4 is 5.32 Å². The van der Waals surface area contributed by atoms with E-state index >= 15 is 0 Å². The maximum Gasteiger partial charge on any atom is 0.261 e. The highest BCUT2D eigenvalue weighted by Gasteiger charge is 2.54. The summed E-state index contributed by atoms with van der Waals surface area (Å²) in [5, 5.41) is 3.27. The van der Waals surface area contributed by atoms with Gasteiger partial charge in [-0.2, -0.15) is 0 Å². The summed E-state index contributed by atoms with van der Waals surface area (Å²) in [4.78, 5) is 26.0. The van der Waals surface area contributed by atoms with Gasteiger partial charge in [0.05, 0.1) is 11.1 Å². The van der Waals surface area contributed by atoms with E-state index in [2.05, 4.69) is 5.32 Å². The number of nitrogens with one attached hydrogen (secondary N) is 1. The van der Waals surface area contributed by atoms with Gasteiger partial charge in [0.1, 0.15) is 0 Å². The van der Waals surface area contributed by atoms with E-state index in [1.807, 2.05) is 12.1 Å². The molecule has 1 saturated carbocycles. The molecule has 18 heavy (non-hydrogen) atoms. The van der Waals surface area contributed by atoms with E-state index in [9.17, 15) is 9.59 Å². The Balaban J connectivity index is 1.61. The lowest BCUT2D eigenvalue weighted by atomic mass is 9.61. The zero-order valence-electron chi connectivity index (χ0n) is 9.98. The largest absolute Gasteiger partial charge is 0.316 e. The van der Waals surface area contributed by atoms with Crippen molar-refractivity contribution in [3.8, 4) is 0 Å². The molecule has 4 heteroatoms. The Kier molecular flexibility index (Phi) is 1.83. The van der Waals surface area contributed by atoms with Gasteiger partial charge < -0.3 is 5.32 Å². The summed E-state index contributed by atoms with van der Waals surface area (Å²) in [5.41, 5.74) is 1.50. The normalized spacial score (nSPS) is 25.0. The topological polar surface area (TPSA) is 49.4 Å². The van der Waals surface area contributed by atoms with E-state index in [0.717, 1.165) is 25.9 Å². The fraction of sp³-hybridized carbons (Fsp3) is 0.429. The first-order chi connectivity index (χ1) is 8.70. The van der Waals surface area contributed by atoms with Crippen LogP contribution >= 0.6 is 0 Å². The molecule has 2 heterocycles. The fourth-order valence-corrected chi connectivity index (χ4v) is 3.43. The van der Waals surface area contributed by atoms with E-state index in [0.29, 0.717) is 16.5 Å². The number of rotatable bonds is 1. The van der Waals surface area contributed by atoms with Crippen molar-refractivity contribution in [2.75, 3.05) is 13.1 Å². The van der Waals surface area contributed by atoms with Crippen LogP contribution in [0, 0.1) is 5.41 Å². The van der Waals surface area contributed by atoms with Gasteiger partial charge in [-0.05, 0) is 30.4 Å². The summed E-state index contributed by atoms with van der Waals surface area (Å²) in [6.07, 6.45) is 1.93. The van der Waals surface area contributed by atoms with Crippen LogP contribution in [-0.2, 0) is 0 Å². The van der Waals surface area contributed by atoms with Crippen LogP contribution in [0.25, 0.3) is 0 Å². The van der Waals surface area contributed by atoms with Crippen molar-refractivity contribution >= 4 is 11.8 Å². The van der Waals surface area contributed by atoms with Gasteiger partial charge >= 0.3 is 0 Å². The van der Waals surface area contributed by atoms with E-state index in [4.69, 9.17) is 0 Å². The van der Waals surface area contributed by atoms with Crippen LogP contribution in [0.5, 0.6) is 0 Å². The molecule has 4 rings (SSSR count). The molecule has 4 nitrogen and oxygen atoms in total. The third kappa shape index (κ3) is 1.13. The molecule has 0 bridgehead atoms. The minimum atomic E-state index is -0.109. The quantitative estimate of drug-likeness (QED) is 0.748. The number of fused-ring (bicyclic) bond motifs is 1.